The second-order valence-electron chi connectivity index (χ2n) is 10.6. The van der Waals surface area contributed by atoms with Crippen molar-refractivity contribution in [3.63, 3.8) is 0 Å². The average molecular weight is 552 g/mol. The van der Waals surface area contributed by atoms with Crippen LogP contribution in [-0.4, -0.2) is 15.0 Å². The van der Waals surface area contributed by atoms with Crippen molar-refractivity contribution in [2.75, 3.05) is 0 Å². The Bertz CT molecular complexity index is 2160. The number of benzene rings is 5. The van der Waals surface area contributed by atoms with Crippen LogP contribution in [0.5, 0.6) is 0 Å². The van der Waals surface area contributed by atoms with E-state index in [1.165, 1.54) is 16.3 Å². The summed E-state index contributed by atoms with van der Waals surface area (Å²) in [7, 11) is 0. The van der Waals surface area contributed by atoms with E-state index in [4.69, 9.17) is 9.40 Å². The molecule has 0 aliphatic carbocycles. The van der Waals surface area contributed by atoms with Crippen LogP contribution in [0, 0.1) is 0 Å². The Morgan fingerprint density at radius 3 is 1.77 bits per heavy atom. The maximum atomic E-state index is 6.33. The lowest BCUT2D eigenvalue weighted by Crippen LogP contribution is -1.87. The molecule has 0 unspecified atom stereocenters. The summed E-state index contributed by atoms with van der Waals surface area (Å²) in [4.78, 5) is 13.5. The molecule has 43 heavy (non-hydrogen) atoms. The van der Waals surface area contributed by atoms with E-state index in [0.717, 1.165) is 55.6 Å². The molecule has 3 heterocycles. The minimum absolute atomic E-state index is 0.608. The molecule has 0 aliphatic heterocycles. The minimum Gasteiger partial charge on any atom is -0.436 e. The molecule has 0 amide bonds. The standard InChI is InChI=1S/C39H25N3O/c1-2-10-35-26(6-1)7-3-11-36(35)27-12-14-28(15-13-27)39-42-37-17-16-29(23-38(37)43-39)32-20-33(30-8-4-18-40-24-30)22-34(21-32)31-9-5-19-41-25-31/h1-25H. The van der Waals surface area contributed by atoms with Crippen molar-refractivity contribution < 1.29 is 4.42 Å². The number of aromatic nitrogens is 3. The summed E-state index contributed by atoms with van der Waals surface area (Å²) in [5, 5.41) is 2.48. The molecule has 0 saturated carbocycles. The fraction of sp³-hybridized carbons (Fsp3) is 0. The Morgan fingerprint density at radius 2 is 1.07 bits per heavy atom. The average Bonchev–Trinajstić information content (AvgIpc) is 3.52. The predicted molar refractivity (Wildman–Crippen MR) is 174 cm³/mol. The third-order valence-electron chi connectivity index (χ3n) is 7.88. The molecule has 3 aromatic heterocycles. The lowest BCUT2D eigenvalue weighted by Gasteiger charge is -2.11. The molecule has 0 fully saturated rings. The van der Waals surface area contributed by atoms with Crippen LogP contribution in [0.4, 0.5) is 0 Å². The fourth-order valence-corrected chi connectivity index (χ4v) is 5.69. The van der Waals surface area contributed by atoms with Crippen molar-refractivity contribution in [3.05, 3.63) is 152 Å². The van der Waals surface area contributed by atoms with E-state index in [-0.39, 0.29) is 0 Å². The van der Waals surface area contributed by atoms with Crippen molar-refractivity contribution in [2.24, 2.45) is 0 Å². The van der Waals surface area contributed by atoms with Gasteiger partial charge in [-0.05, 0) is 98.8 Å². The molecule has 4 heteroatoms. The van der Waals surface area contributed by atoms with Crippen LogP contribution >= 0.6 is 0 Å². The maximum Gasteiger partial charge on any atom is 0.227 e. The van der Waals surface area contributed by atoms with Gasteiger partial charge >= 0.3 is 0 Å². The van der Waals surface area contributed by atoms with Gasteiger partial charge in [0.1, 0.15) is 5.52 Å². The SMILES string of the molecule is c1cncc(-c2cc(-c3cccnc3)cc(-c3ccc4nc(-c5ccc(-c6cccc7ccccc67)cc5)oc4c3)c2)c1. The summed E-state index contributed by atoms with van der Waals surface area (Å²) in [5.74, 6) is 0.608. The van der Waals surface area contributed by atoms with E-state index < -0.39 is 0 Å². The van der Waals surface area contributed by atoms with Crippen molar-refractivity contribution in [2.45, 2.75) is 0 Å². The molecular formula is C39H25N3O. The highest BCUT2D eigenvalue weighted by Crippen LogP contribution is 2.35. The zero-order chi connectivity index (χ0) is 28.6. The van der Waals surface area contributed by atoms with Crippen LogP contribution in [0.2, 0.25) is 0 Å². The largest absolute Gasteiger partial charge is 0.436 e. The molecule has 202 valence electrons. The molecule has 0 bridgehead atoms. The van der Waals surface area contributed by atoms with Gasteiger partial charge in [-0.1, -0.05) is 72.8 Å². The summed E-state index contributed by atoms with van der Waals surface area (Å²) in [6.45, 7) is 0. The number of hydrogen-bond donors (Lipinski definition) is 0. The number of fused-ring (bicyclic) bond motifs is 2. The highest BCUT2D eigenvalue weighted by molar-refractivity contribution is 5.97. The van der Waals surface area contributed by atoms with Gasteiger partial charge in [-0.2, -0.15) is 0 Å². The monoisotopic (exact) mass is 551 g/mol. The highest BCUT2D eigenvalue weighted by atomic mass is 16.3. The number of rotatable bonds is 5. The van der Waals surface area contributed by atoms with Gasteiger partial charge in [0.2, 0.25) is 5.89 Å². The second kappa shape index (κ2) is 10.5. The number of nitrogens with zero attached hydrogens (tertiary/aromatic N) is 3. The number of pyridine rings is 2. The van der Waals surface area contributed by atoms with Gasteiger partial charge in [-0.3, -0.25) is 9.97 Å². The maximum absolute atomic E-state index is 6.33. The van der Waals surface area contributed by atoms with Crippen molar-refractivity contribution in [3.8, 4) is 56.0 Å². The van der Waals surface area contributed by atoms with E-state index >= 15 is 0 Å². The molecule has 0 N–H and O–H groups in total. The Kier molecular flexibility index (Phi) is 6.08. The lowest BCUT2D eigenvalue weighted by atomic mass is 9.94. The third kappa shape index (κ3) is 4.75. The van der Waals surface area contributed by atoms with E-state index in [9.17, 15) is 0 Å². The quantitative estimate of drug-likeness (QED) is 0.214. The lowest BCUT2D eigenvalue weighted by molar-refractivity contribution is 0.620. The number of oxazole rings is 1. The minimum atomic E-state index is 0.608. The summed E-state index contributed by atoms with van der Waals surface area (Å²) < 4.78 is 6.33. The topological polar surface area (TPSA) is 51.8 Å². The first-order valence-electron chi connectivity index (χ1n) is 14.2. The molecule has 0 saturated heterocycles. The van der Waals surface area contributed by atoms with Gasteiger partial charge in [0, 0.05) is 41.5 Å². The van der Waals surface area contributed by atoms with Crippen molar-refractivity contribution >= 4 is 21.9 Å². The van der Waals surface area contributed by atoms with Crippen LogP contribution in [0.1, 0.15) is 0 Å². The normalized spacial score (nSPS) is 11.3. The Labute approximate surface area is 249 Å². The molecular weight excluding hydrogens is 526 g/mol. The molecule has 8 rings (SSSR count). The van der Waals surface area contributed by atoms with Gasteiger partial charge in [-0.25, -0.2) is 4.98 Å². The second-order valence-corrected chi connectivity index (χ2v) is 10.6. The first-order valence-corrected chi connectivity index (χ1v) is 14.2. The predicted octanol–water partition coefficient (Wildman–Crippen LogP) is 10.1. The van der Waals surface area contributed by atoms with Gasteiger partial charge in [0.15, 0.2) is 5.58 Å². The van der Waals surface area contributed by atoms with Crippen LogP contribution in [0.25, 0.3) is 77.8 Å². The zero-order valence-corrected chi connectivity index (χ0v) is 23.2. The Hall–Kier alpha value is -5.87. The van der Waals surface area contributed by atoms with Crippen molar-refractivity contribution in [1.82, 2.24) is 15.0 Å². The van der Waals surface area contributed by atoms with Crippen LogP contribution < -0.4 is 0 Å². The van der Waals surface area contributed by atoms with Gasteiger partial charge < -0.3 is 4.42 Å². The molecule has 0 atom stereocenters. The molecule has 0 aliphatic rings. The zero-order valence-electron chi connectivity index (χ0n) is 23.2. The smallest absolute Gasteiger partial charge is 0.227 e. The van der Waals surface area contributed by atoms with E-state index in [1.54, 1.807) is 12.4 Å². The van der Waals surface area contributed by atoms with Crippen LogP contribution in [-0.2, 0) is 0 Å². The fourth-order valence-electron chi connectivity index (χ4n) is 5.69. The molecule has 4 nitrogen and oxygen atoms in total. The summed E-state index contributed by atoms with van der Waals surface area (Å²) >= 11 is 0. The van der Waals surface area contributed by atoms with Crippen molar-refractivity contribution in [1.29, 1.82) is 0 Å². The van der Waals surface area contributed by atoms with Gasteiger partial charge in [-0.15, -0.1) is 0 Å². The van der Waals surface area contributed by atoms with E-state index in [1.807, 2.05) is 30.6 Å². The molecule has 8 aromatic rings. The molecule has 0 spiro atoms. The van der Waals surface area contributed by atoms with E-state index in [0.29, 0.717) is 5.89 Å². The Balaban J connectivity index is 1.16. The van der Waals surface area contributed by atoms with Gasteiger partial charge in [0.05, 0.1) is 0 Å². The molecule has 5 aromatic carbocycles. The van der Waals surface area contributed by atoms with Gasteiger partial charge in [0.25, 0.3) is 0 Å². The number of hydrogen-bond acceptors (Lipinski definition) is 4. The van der Waals surface area contributed by atoms with Crippen LogP contribution in [0.15, 0.2) is 157 Å². The molecule has 0 radical (unpaired) electrons. The summed E-state index contributed by atoms with van der Waals surface area (Å²) in [6, 6.07) is 44.2. The third-order valence-corrected chi connectivity index (χ3v) is 7.88. The first-order chi connectivity index (χ1) is 21.3. The Morgan fingerprint density at radius 1 is 0.442 bits per heavy atom. The first kappa shape index (κ1) is 24.9. The highest BCUT2D eigenvalue weighted by Gasteiger charge is 2.13. The summed E-state index contributed by atoms with van der Waals surface area (Å²) in [5.41, 5.74) is 11.3. The summed E-state index contributed by atoms with van der Waals surface area (Å²) in [6.07, 6.45) is 7.37. The van der Waals surface area contributed by atoms with Crippen LogP contribution in [0.3, 0.4) is 0 Å². The van der Waals surface area contributed by atoms with E-state index in [2.05, 4.69) is 119 Å².